The zero-order chi connectivity index (χ0) is 20.0. The van der Waals surface area contributed by atoms with Crippen LogP contribution >= 0.6 is 0 Å². The van der Waals surface area contributed by atoms with Gasteiger partial charge in [-0.25, -0.2) is 0 Å². The first kappa shape index (κ1) is 20.3. The fourth-order valence-corrected chi connectivity index (χ4v) is 2.74. The van der Waals surface area contributed by atoms with E-state index in [-0.39, 0.29) is 13.0 Å². The van der Waals surface area contributed by atoms with Crippen molar-refractivity contribution in [1.82, 2.24) is 9.78 Å². The van der Waals surface area contributed by atoms with Gasteiger partial charge in [0, 0.05) is 13.5 Å². The lowest BCUT2D eigenvalue weighted by Gasteiger charge is -2.12. The van der Waals surface area contributed by atoms with E-state index in [1.54, 1.807) is 38.9 Å². The van der Waals surface area contributed by atoms with Crippen LogP contribution in [0.1, 0.15) is 23.4 Å². The first-order valence-electron chi connectivity index (χ1n) is 8.52. The first-order valence-corrected chi connectivity index (χ1v) is 8.52. The third kappa shape index (κ3) is 4.99. The summed E-state index contributed by atoms with van der Waals surface area (Å²) in [5, 5.41) is 6.95. The number of methoxy groups -OCH3 is 2. The van der Waals surface area contributed by atoms with Crippen molar-refractivity contribution in [3.8, 4) is 11.5 Å². The Bertz CT molecular complexity index is 829. The Labute approximate surface area is 158 Å². The standard InChI is InChI=1S/C19H25N3O5/c1-12-18(13(2)22(3)21-12)20-16(23)11-27-17(24)10-9-14-7-6-8-15(25-4)19(14)26-5/h6-8H,9-11H2,1-5H3,(H,20,23). The number of ether oxygens (including phenoxy) is 3. The van der Waals surface area contributed by atoms with Gasteiger partial charge in [-0.05, 0) is 31.9 Å². The molecule has 1 N–H and O–H groups in total. The van der Waals surface area contributed by atoms with Crippen molar-refractivity contribution in [2.75, 3.05) is 26.1 Å². The number of carbonyl (C=O) groups excluding carboxylic acids is 2. The van der Waals surface area contributed by atoms with Gasteiger partial charge in [0.05, 0.1) is 31.3 Å². The van der Waals surface area contributed by atoms with Crippen LogP contribution in [0.2, 0.25) is 0 Å². The highest BCUT2D eigenvalue weighted by Gasteiger charge is 2.15. The van der Waals surface area contributed by atoms with Crippen molar-refractivity contribution in [1.29, 1.82) is 0 Å². The molecule has 0 spiro atoms. The van der Waals surface area contributed by atoms with Crippen molar-refractivity contribution in [2.24, 2.45) is 7.05 Å². The number of amides is 1. The van der Waals surface area contributed by atoms with Gasteiger partial charge in [0.1, 0.15) is 0 Å². The third-order valence-corrected chi connectivity index (χ3v) is 4.22. The predicted molar refractivity (Wildman–Crippen MR) is 100 cm³/mol. The summed E-state index contributed by atoms with van der Waals surface area (Å²) in [7, 11) is 4.90. The molecule has 2 rings (SSSR count). The molecule has 0 saturated heterocycles. The van der Waals surface area contributed by atoms with E-state index in [0.717, 1.165) is 11.3 Å². The highest BCUT2D eigenvalue weighted by atomic mass is 16.5. The van der Waals surface area contributed by atoms with Crippen LogP contribution in [0.5, 0.6) is 11.5 Å². The van der Waals surface area contributed by atoms with Crippen LogP contribution < -0.4 is 14.8 Å². The molecule has 8 nitrogen and oxygen atoms in total. The summed E-state index contributed by atoms with van der Waals surface area (Å²) >= 11 is 0. The molecular formula is C19H25N3O5. The number of hydrogen-bond donors (Lipinski definition) is 1. The molecule has 0 unspecified atom stereocenters. The summed E-state index contributed by atoms with van der Waals surface area (Å²) < 4.78 is 17.3. The number of aryl methyl sites for hydroxylation is 3. The Morgan fingerprint density at radius 3 is 2.52 bits per heavy atom. The summed E-state index contributed by atoms with van der Waals surface area (Å²) in [6.45, 7) is 3.31. The van der Waals surface area contributed by atoms with Crippen molar-refractivity contribution in [3.63, 3.8) is 0 Å². The normalized spacial score (nSPS) is 10.4. The summed E-state index contributed by atoms with van der Waals surface area (Å²) in [5.41, 5.74) is 3.01. The van der Waals surface area contributed by atoms with Gasteiger partial charge < -0.3 is 19.5 Å². The van der Waals surface area contributed by atoms with Crippen molar-refractivity contribution >= 4 is 17.6 Å². The molecule has 1 heterocycles. The van der Waals surface area contributed by atoms with Gasteiger partial charge >= 0.3 is 5.97 Å². The molecular weight excluding hydrogens is 350 g/mol. The lowest BCUT2D eigenvalue weighted by molar-refractivity contribution is -0.147. The van der Waals surface area contributed by atoms with Crippen LogP contribution in [-0.2, 0) is 27.8 Å². The van der Waals surface area contributed by atoms with Gasteiger partial charge in [-0.3, -0.25) is 14.3 Å². The van der Waals surface area contributed by atoms with Crippen molar-refractivity contribution in [2.45, 2.75) is 26.7 Å². The number of anilines is 1. The molecule has 0 aliphatic heterocycles. The number of carbonyl (C=O) groups is 2. The second kappa shape index (κ2) is 9.07. The van der Waals surface area contributed by atoms with Crippen molar-refractivity contribution in [3.05, 3.63) is 35.2 Å². The molecule has 1 aromatic heterocycles. The summed E-state index contributed by atoms with van der Waals surface area (Å²) in [5.74, 6) is 0.328. The first-order chi connectivity index (χ1) is 12.9. The van der Waals surface area contributed by atoms with Gasteiger partial charge in [0.25, 0.3) is 5.91 Å². The molecule has 1 amide bonds. The molecule has 2 aromatic rings. The quantitative estimate of drug-likeness (QED) is 0.711. The highest BCUT2D eigenvalue weighted by Crippen LogP contribution is 2.31. The zero-order valence-corrected chi connectivity index (χ0v) is 16.3. The number of nitrogens with one attached hydrogen (secondary N) is 1. The van der Waals surface area contributed by atoms with E-state index < -0.39 is 11.9 Å². The second-order valence-corrected chi connectivity index (χ2v) is 6.03. The van der Waals surface area contributed by atoms with Crippen LogP contribution in [0, 0.1) is 13.8 Å². The average molecular weight is 375 g/mol. The Hall–Kier alpha value is -3.03. The van der Waals surface area contributed by atoms with Gasteiger partial charge in [-0.15, -0.1) is 0 Å². The predicted octanol–water partition coefficient (Wildman–Crippen LogP) is 2.17. The van der Waals surface area contributed by atoms with Crippen LogP contribution in [0.15, 0.2) is 18.2 Å². The molecule has 0 radical (unpaired) electrons. The number of benzene rings is 1. The van der Waals surface area contributed by atoms with E-state index in [4.69, 9.17) is 14.2 Å². The number of esters is 1. The molecule has 0 aliphatic carbocycles. The maximum absolute atomic E-state index is 12.0. The van der Waals surface area contributed by atoms with Crippen molar-refractivity contribution < 1.29 is 23.8 Å². The topological polar surface area (TPSA) is 91.7 Å². The van der Waals surface area contributed by atoms with E-state index in [0.29, 0.717) is 29.3 Å². The zero-order valence-electron chi connectivity index (χ0n) is 16.3. The molecule has 27 heavy (non-hydrogen) atoms. The average Bonchev–Trinajstić information content (AvgIpc) is 2.90. The third-order valence-electron chi connectivity index (χ3n) is 4.22. The second-order valence-electron chi connectivity index (χ2n) is 6.03. The number of rotatable bonds is 8. The maximum atomic E-state index is 12.0. The van der Waals surface area contributed by atoms with E-state index in [2.05, 4.69) is 10.4 Å². The molecule has 0 bridgehead atoms. The summed E-state index contributed by atoms with van der Waals surface area (Å²) in [4.78, 5) is 24.0. The minimum absolute atomic E-state index is 0.127. The number of para-hydroxylation sites is 1. The smallest absolute Gasteiger partial charge is 0.306 e. The van der Waals surface area contributed by atoms with Crippen LogP contribution in [0.25, 0.3) is 0 Å². The molecule has 146 valence electrons. The Balaban J connectivity index is 1.85. The Morgan fingerprint density at radius 1 is 1.19 bits per heavy atom. The molecule has 0 atom stereocenters. The van der Waals surface area contributed by atoms with E-state index >= 15 is 0 Å². The molecule has 0 saturated carbocycles. The molecule has 0 aliphatic rings. The van der Waals surface area contributed by atoms with E-state index in [1.807, 2.05) is 19.1 Å². The number of hydrogen-bond acceptors (Lipinski definition) is 6. The Kier molecular flexibility index (Phi) is 6.81. The van der Waals surface area contributed by atoms with Crippen LogP contribution in [0.4, 0.5) is 5.69 Å². The van der Waals surface area contributed by atoms with Crippen LogP contribution in [-0.4, -0.2) is 42.5 Å². The largest absolute Gasteiger partial charge is 0.493 e. The Morgan fingerprint density at radius 2 is 1.93 bits per heavy atom. The van der Waals surface area contributed by atoms with Gasteiger partial charge in [0.15, 0.2) is 18.1 Å². The minimum Gasteiger partial charge on any atom is -0.493 e. The lowest BCUT2D eigenvalue weighted by atomic mass is 10.1. The van der Waals surface area contributed by atoms with Gasteiger partial charge in [-0.2, -0.15) is 5.10 Å². The molecule has 0 fully saturated rings. The molecule has 1 aromatic carbocycles. The number of aromatic nitrogens is 2. The monoisotopic (exact) mass is 375 g/mol. The summed E-state index contributed by atoms with van der Waals surface area (Å²) in [6.07, 6.45) is 0.545. The number of nitrogens with zero attached hydrogens (tertiary/aromatic N) is 2. The SMILES string of the molecule is COc1cccc(CCC(=O)OCC(=O)Nc2c(C)nn(C)c2C)c1OC. The van der Waals surface area contributed by atoms with Crippen LogP contribution in [0.3, 0.4) is 0 Å². The van der Waals surface area contributed by atoms with E-state index in [1.165, 1.54) is 0 Å². The maximum Gasteiger partial charge on any atom is 0.306 e. The van der Waals surface area contributed by atoms with E-state index in [9.17, 15) is 9.59 Å². The minimum atomic E-state index is -0.463. The van der Waals surface area contributed by atoms with Gasteiger partial charge in [0.2, 0.25) is 0 Å². The fourth-order valence-electron chi connectivity index (χ4n) is 2.74. The fraction of sp³-hybridized carbons (Fsp3) is 0.421. The highest BCUT2D eigenvalue weighted by molar-refractivity contribution is 5.93. The van der Waals surface area contributed by atoms with Gasteiger partial charge in [-0.1, -0.05) is 12.1 Å². The summed E-state index contributed by atoms with van der Waals surface area (Å²) in [6, 6.07) is 5.47. The lowest BCUT2D eigenvalue weighted by Crippen LogP contribution is -2.21. The molecule has 8 heteroatoms.